The molecule has 26 heavy (non-hydrogen) atoms. The molecule has 0 fully saturated rings. The highest BCUT2D eigenvalue weighted by atomic mass is 16.5. The lowest BCUT2D eigenvalue weighted by atomic mass is 9.98. The van der Waals surface area contributed by atoms with Crippen molar-refractivity contribution in [2.75, 3.05) is 7.11 Å². The van der Waals surface area contributed by atoms with Gasteiger partial charge in [-0.15, -0.1) is 0 Å². The van der Waals surface area contributed by atoms with Gasteiger partial charge in [-0.25, -0.2) is 5.01 Å². The van der Waals surface area contributed by atoms with Crippen LogP contribution in [-0.2, 0) is 9.59 Å². The van der Waals surface area contributed by atoms with Crippen molar-refractivity contribution in [1.82, 2.24) is 5.01 Å². The quantitative estimate of drug-likeness (QED) is 0.625. The highest BCUT2D eigenvalue weighted by Gasteiger charge is 2.32. The maximum absolute atomic E-state index is 12.1. The summed E-state index contributed by atoms with van der Waals surface area (Å²) in [5.41, 5.74) is 2.38. The van der Waals surface area contributed by atoms with Gasteiger partial charge in [-0.2, -0.15) is 5.10 Å². The van der Waals surface area contributed by atoms with Crippen LogP contribution >= 0.6 is 0 Å². The minimum Gasteiger partial charge on any atom is -0.497 e. The number of carbonyl (C=O) groups excluding carboxylic acids is 2. The van der Waals surface area contributed by atoms with E-state index in [1.807, 2.05) is 36.4 Å². The fourth-order valence-corrected chi connectivity index (χ4v) is 3.00. The third-order valence-electron chi connectivity index (χ3n) is 4.19. The first-order chi connectivity index (χ1) is 12.5. The van der Waals surface area contributed by atoms with Gasteiger partial charge in [0.05, 0.1) is 18.9 Å². The normalized spacial score (nSPS) is 16.2. The van der Waals surface area contributed by atoms with Crippen molar-refractivity contribution in [3.05, 3.63) is 59.7 Å². The van der Waals surface area contributed by atoms with Crippen LogP contribution in [0.25, 0.3) is 0 Å². The summed E-state index contributed by atoms with van der Waals surface area (Å²) >= 11 is 0. The highest BCUT2D eigenvalue weighted by Crippen LogP contribution is 2.35. The van der Waals surface area contributed by atoms with Gasteiger partial charge in [-0.1, -0.05) is 24.3 Å². The predicted octanol–water partition coefficient (Wildman–Crippen LogP) is 3.32. The van der Waals surface area contributed by atoms with Crippen LogP contribution in [0.2, 0.25) is 0 Å². The minimum atomic E-state index is -0.397. The number of para-hydroxylation sites is 1. The summed E-state index contributed by atoms with van der Waals surface area (Å²) in [6.07, 6.45) is 0.532. The van der Waals surface area contributed by atoms with E-state index in [4.69, 9.17) is 9.47 Å². The Morgan fingerprint density at radius 2 is 1.77 bits per heavy atom. The number of carbonyl (C=O) groups is 2. The number of hydrogen-bond acceptors (Lipinski definition) is 5. The summed E-state index contributed by atoms with van der Waals surface area (Å²) in [4.78, 5) is 23.5. The highest BCUT2D eigenvalue weighted by molar-refractivity contribution is 6.05. The van der Waals surface area contributed by atoms with Crippen molar-refractivity contribution in [3.8, 4) is 11.5 Å². The topological polar surface area (TPSA) is 68.2 Å². The molecule has 0 radical (unpaired) electrons. The second-order valence-corrected chi connectivity index (χ2v) is 5.99. The van der Waals surface area contributed by atoms with Gasteiger partial charge >= 0.3 is 5.97 Å². The molecule has 6 heteroatoms. The molecule has 1 aliphatic rings. The summed E-state index contributed by atoms with van der Waals surface area (Å²) in [6, 6.07) is 14.6. The third kappa shape index (κ3) is 3.59. The van der Waals surface area contributed by atoms with E-state index < -0.39 is 5.97 Å². The molecule has 2 aromatic carbocycles. The zero-order chi connectivity index (χ0) is 18.7. The fraction of sp³-hybridized carbons (Fsp3) is 0.250. The van der Waals surface area contributed by atoms with Crippen molar-refractivity contribution < 1.29 is 19.1 Å². The van der Waals surface area contributed by atoms with Crippen molar-refractivity contribution in [2.45, 2.75) is 26.3 Å². The number of nitrogens with zero attached hydrogens (tertiary/aromatic N) is 2. The number of amides is 1. The van der Waals surface area contributed by atoms with Crippen molar-refractivity contribution in [2.24, 2.45) is 5.10 Å². The summed E-state index contributed by atoms with van der Waals surface area (Å²) in [6.45, 7) is 2.84. The van der Waals surface area contributed by atoms with Crippen molar-refractivity contribution in [1.29, 1.82) is 0 Å². The van der Waals surface area contributed by atoms with Gasteiger partial charge in [0.2, 0.25) is 5.91 Å². The van der Waals surface area contributed by atoms with Gasteiger partial charge in [0, 0.05) is 25.8 Å². The van der Waals surface area contributed by atoms with E-state index in [-0.39, 0.29) is 11.9 Å². The lowest BCUT2D eigenvalue weighted by molar-refractivity contribution is -0.132. The Balaban J connectivity index is 1.94. The summed E-state index contributed by atoms with van der Waals surface area (Å²) in [5.74, 6) is 0.650. The molecule has 2 aromatic rings. The number of methoxy groups -OCH3 is 1. The van der Waals surface area contributed by atoms with E-state index in [0.29, 0.717) is 23.4 Å². The largest absolute Gasteiger partial charge is 0.497 e. The number of ether oxygens (including phenoxy) is 2. The van der Waals surface area contributed by atoms with Crippen molar-refractivity contribution >= 4 is 17.6 Å². The van der Waals surface area contributed by atoms with Crippen molar-refractivity contribution in [3.63, 3.8) is 0 Å². The maximum Gasteiger partial charge on any atom is 0.308 e. The molecule has 6 nitrogen and oxygen atoms in total. The number of hydrogen-bond donors (Lipinski definition) is 0. The van der Waals surface area contributed by atoms with Crippen LogP contribution in [0, 0.1) is 0 Å². The molecule has 1 heterocycles. The Hall–Kier alpha value is -3.15. The average Bonchev–Trinajstić information content (AvgIpc) is 3.07. The van der Waals surface area contributed by atoms with E-state index >= 15 is 0 Å². The van der Waals surface area contributed by atoms with E-state index in [1.54, 1.807) is 19.2 Å². The van der Waals surface area contributed by atoms with E-state index in [0.717, 1.165) is 11.3 Å². The number of rotatable bonds is 4. The molecule has 1 unspecified atom stereocenters. The van der Waals surface area contributed by atoms with Crippen LogP contribution in [0.1, 0.15) is 37.4 Å². The van der Waals surface area contributed by atoms with E-state index in [1.165, 1.54) is 18.9 Å². The molecule has 0 aromatic heterocycles. The molecule has 1 amide bonds. The zero-order valence-electron chi connectivity index (χ0n) is 14.9. The molecule has 0 aliphatic carbocycles. The number of hydrazone groups is 1. The molecular weight excluding hydrogens is 332 g/mol. The van der Waals surface area contributed by atoms with Crippen LogP contribution in [0.4, 0.5) is 0 Å². The Labute approximate surface area is 152 Å². The monoisotopic (exact) mass is 352 g/mol. The Bertz CT molecular complexity index is 858. The van der Waals surface area contributed by atoms with Gasteiger partial charge in [0.1, 0.15) is 11.5 Å². The number of esters is 1. The van der Waals surface area contributed by atoms with Crippen LogP contribution in [0.5, 0.6) is 11.5 Å². The van der Waals surface area contributed by atoms with Gasteiger partial charge in [-0.05, 0) is 29.8 Å². The standard InChI is InChI=1S/C20H20N2O4/c1-13(23)22-19(15-8-10-16(25-3)11-9-15)12-18(21-22)17-6-4-5-7-20(17)26-14(2)24/h4-11,19H,12H2,1-3H3. The van der Waals surface area contributed by atoms with Crippen LogP contribution in [0.15, 0.2) is 53.6 Å². The van der Waals surface area contributed by atoms with E-state index in [9.17, 15) is 9.59 Å². The number of benzene rings is 2. The molecule has 0 saturated heterocycles. The molecule has 0 bridgehead atoms. The van der Waals surface area contributed by atoms with Crippen LogP contribution in [0.3, 0.4) is 0 Å². The molecule has 134 valence electrons. The fourth-order valence-electron chi connectivity index (χ4n) is 3.00. The molecule has 1 aliphatic heterocycles. The third-order valence-corrected chi connectivity index (χ3v) is 4.19. The maximum atomic E-state index is 12.1. The molecule has 0 N–H and O–H groups in total. The predicted molar refractivity (Wildman–Crippen MR) is 97.2 cm³/mol. The molecule has 3 rings (SSSR count). The summed E-state index contributed by atoms with van der Waals surface area (Å²) < 4.78 is 10.5. The second-order valence-electron chi connectivity index (χ2n) is 5.99. The average molecular weight is 352 g/mol. The molecular formula is C20H20N2O4. The second kappa shape index (κ2) is 7.39. The first-order valence-corrected chi connectivity index (χ1v) is 8.28. The smallest absolute Gasteiger partial charge is 0.308 e. The molecule has 1 atom stereocenters. The minimum absolute atomic E-state index is 0.147. The molecule has 0 spiro atoms. The summed E-state index contributed by atoms with van der Waals surface area (Å²) in [5, 5.41) is 5.98. The van der Waals surface area contributed by atoms with E-state index in [2.05, 4.69) is 5.10 Å². The molecule has 0 saturated carbocycles. The van der Waals surface area contributed by atoms with Crippen LogP contribution in [-0.4, -0.2) is 29.7 Å². The Kier molecular flexibility index (Phi) is 5.02. The first kappa shape index (κ1) is 17.7. The van der Waals surface area contributed by atoms with Gasteiger partial charge in [-0.3, -0.25) is 9.59 Å². The first-order valence-electron chi connectivity index (χ1n) is 8.28. The lowest BCUT2D eigenvalue weighted by Crippen LogP contribution is -2.24. The SMILES string of the molecule is COc1ccc(C2CC(c3ccccc3OC(C)=O)=NN2C(C)=O)cc1. The summed E-state index contributed by atoms with van der Waals surface area (Å²) in [7, 11) is 1.61. The zero-order valence-corrected chi connectivity index (χ0v) is 14.9. The Morgan fingerprint density at radius 3 is 2.38 bits per heavy atom. The lowest BCUT2D eigenvalue weighted by Gasteiger charge is -2.20. The van der Waals surface area contributed by atoms with Gasteiger partial charge in [0.25, 0.3) is 0 Å². The van der Waals surface area contributed by atoms with Gasteiger partial charge < -0.3 is 9.47 Å². The Morgan fingerprint density at radius 1 is 1.08 bits per heavy atom. The van der Waals surface area contributed by atoms with Gasteiger partial charge in [0.15, 0.2) is 0 Å². The van der Waals surface area contributed by atoms with Crippen LogP contribution < -0.4 is 9.47 Å².